The number of nitrogens with zero attached hydrogens (tertiary/aromatic N) is 2. The van der Waals surface area contributed by atoms with Crippen molar-refractivity contribution in [2.45, 2.75) is 18.4 Å². The summed E-state index contributed by atoms with van der Waals surface area (Å²) in [5.74, 6) is 5.68. The molecule has 1 fully saturated rings. The van der Waals surface area contributed by atoms with E-state index in [1.807, 2.05) is 0 Å². The summed E-state index contributed by atoms with van der Waals surface area (Å²) >= 11 is 0. The van der Waals surface area contributed by atoms with Crippen LogP contribution in [0.5, 0.6) is 0 Å². The molecule has 15 heavy (non-hydrogen) atoms. The standard InChI is InChI=1S/C8H14N4O3/c1-13-8(2-4-14-5-3-8)6-10-7(11-9)15-12-6/h2-5,9H2,1H3,(H,10,11,12). The number of hydrogen-bond donors (Lipinski definition) is 2. The van der Waals surface area contributed by atoms with Crippen LogP contribution < -0.4 is 11.3 Å². The minimum atomic E-state index is -0.503. The zero-order valence-electron chi connectivity index (χ0n) is 8.52. The van der Waals surface area contributed by atoms with Gasteiger partial charge < -0.3 is 14.0 Å². The van der Waals surface area contributed by atoms with Gasteiger partial charge in [0.25, 0.3) is 0 Å². The van der Waals surface area contributed by atoms with Crippen LogP contribution in [0, 0.1) is 0 Å². The second kappa shape index (κ2) is 4.13. The quantitative estimate of drug-likeness (QED) is 0.540. The molecule has 0 spiro atoms. The molecule has 2 rings (SSSR count). The summed E-state index contributed by atoms with van der Waals surface area (Å²) in [4.78, 5) is 4.10. The van der Waals surface area contributed by atoms with E-state index in [0.29, 0.717) is 31.9 Å². The van der Waals surface area contributed by atoms with E-state index in [2.05, 4.69) is 15.6 Å². The lowest BCUT2D eigenvalue weighted by atomic mass is 9.93. The summed E-state index contributed by atoms with van der Waals surface area (Å²) < 4.78 is 15.6. The third-order valence-corrected chi connectivity index (χ3v) is 2.65. The van der Waals surface area contributed by atoms with E-state index in [1.54, 1.807) is 7.11 Å². The zero-order chi connectivity index (χ0) is 10.7. The molecule has 1 aromatic rings. The van der Waals surface area contributed by atoms with Crippen LogP contribution in [0.2, 0.25) is 0 Å². The van der Waals surface area contributed by atoms with Crippen LogP contribution in [0.3, 0.4) is 0 Å². The Morgan fingerprint density at radius 2 is 2.20 bits per heavy atom. The summed E-state index contributed by atoms with van der Waals surface area (Å²) in [7, 11) is 1.64. The molecule has 0 atom stereocenters. The molecular formula is C8H14N4O3. The predicted octanol–water partition coefficient (Wildman–Crippen LogP) is 0.00730. The first-order valence-electron chi connectivity index (χ1n) is 4.74. The van der Waals surface area contributed by atoms with Crippen molar-refractivity contribution < 1.29 is 14.0 Å². The Bertz CT molecular complexity index is 321. The number of ether oxygens (including phenoxy) is 2. The number of nitrogens with two attached hydrogens (primary N) is 1. The number of hydrogen-bond acceptors (Lipinski definition) is 7. The van der Waals surface area contributed by atoms with Crippen LogP contribution in [0.25, 0.3) is 0 Å². The van der Waals surface area contributed by atoms with Gasteiger partial charge in [0.2, 0.25) is 5.82 Å². The fourth-order valence-corrected chi connectivity index (χ4v) is 1.69. The zero-order valence-corrected chi connectivity index (χ0v) is 8.52. The minimum Gasteiger partial charge on any atom is -0.381 e. The molecule has 84 valence electrons. The van der Waals surface area contributed by atoms with Gasteiger partial charge in [0.15, 0.2) is 0 Å². The maximum atomic E-state index is 5.49. The molecule has 7 heteroatoms. The Morgan fingerprint density at radius 3 is 2.73 bits per heavy atom. The second-order valence-corrected chi connectivity index (χ2v) is 3.38. The monoisotopic (exact) mass is 214 g/mol. The number of nitrogens with one attached hydrogen (secondary N) is 1. The second-order valence-electron chi connectivity index (χ2n) is 3.38. The molecule has 1 aliphatic rings. The Balaban J connectivity index is 2.24. The molecule has 0 amide bonds. The summed E-state index contributed by atoms with van der Waals surface area (Å²) in [5.41, 5.74) is 1.80. The van der Waals surface area contributed by atoms with Crippen LogP contribution in [0.15, 0.2) is 4.52 Å². The summed E-state index contributed by atoms with van der Waals surface area (Å²) in [6, 6.07) is 0.188. The fourth-order valence-electron chi connectivity index (χ4n) is 1.69. The highest BCUT2D eigenvalue weighted by molar-refractivity contribution is 5.17. The molecule has 7 nitrogen and oxygen atoms in total. The highest BCUT2D eigenvalue weighted by atomic mass is 16.5. The molecule has 2 heterocycles. The SMILES string of the molecule is COC1(c2noc(NN)n2)CCOCC1. The Hall–Kier alpha value is -1.18. The Morgan fingerprint density at radius 1 is 1.47 bits per heavy atom. The van der Waals surface area contributed by atoms with Crippen molar-refractivity contribution in [1.29, 1.82) is 0 Å². The molecule has 0 unspecified atom stereocenters. The van der Waals surface area contributed by atoms with Crippen LogP contribution in [0.4, 0.5) is 6.01 Å². The van der Waals surface area contributed by atoms with Crippen molar-refractivity contribution in [1.82, 2.24) is 10.1 Å². The van der Waals surface area contributed by atoms with Gasteiger partial charge in [-0.05, 0) is 0 Å². The topological polar surface area (TPSA) is 95.4 Å². The molecule has 1 saturated heterocycles. The Kier molecular flexibility index (Phi) is 2.85. The molecular weight excluding hydrogens is 200 g/mol. The van der Waals surface area contributed by atoms with Crippen LogP contribution in [-0.2, 0) is 15.1 Å². The van der Waals surface area contributed by atoms with Gasteiger partial charge in [0.05, 0.1) is 0 Å². The maximum Gasteiger partial charge on any atom is 0.335 e. The first-order chi connectivity index (χ1) is 7.30. The lowest BCUT2D eigenvalue weighted by Crippen LogP contribution is -2.36. The third kappa shape index (κ3) is 1.81. The van der Waals surface area contributed by atoms with Crippen molar-refractivity contribution in [3.63, 3.8) is 0 Å². The van der Waals surface area contributed by atoms with Crippen molar-refractivity contribution in [2.75, 3.05) is 25.7 Å². The van der Waals surface area contributed by atoms with E-state index in [9.17, 15) is 0 Å². The number of rotatable bonds is 3. The van der Waals surface area contributed by atoms with Gasteiger partial charge >= 0.3 is 6.01 Å². The van der Waals surface area contributed by atoms with E-state index >= 15 is 0 Å². The lowest BCUT2D eigenvalue weighted by molar-refractivity contribution is -0.101. The average molecular weight is 214 g/mol. The minimum absolute atomic E-state index is 0.188. The summed E-state index contributed by atoms with van der Waals surface area (Å²) in [6.07, 6.45) is 1.43. The average Bonchev–Trinajstić information content (AvgIpc) is 2.79. The van der Waals surface area contributed by atoms with Gasteiger partial charge in [-0.3, -0.25) is 5.43 Å². The van der Waals surface area contributed by atoms with Crippen LogP contribution >= 0.6 is 0 Å². The lowest BCUT2D eigenvalue weighted by Gasteiger charge is -2.32. The molecule has 0 saturated carbocycles. The van der Waals surface area contributed by atoms with E-state index in [0.717, 1.165) is 0 Å². The molecule has 0 bridgehead atoms. The van der Waals surface area contributed by atoms with Gasteiger partial charge in [0.1, 0.15) is 5.60 Å². The molecule has 0 aliphatic carbocycles. The summed E-state index contributed by atoms with van der Waals surface area (Å²) in [6.45, 7) is 1.27. The highest BCUT2D eigenvalue weighted by Crippen LogP contribution is 2.33. The molecule has 3 N–H and O–H groups in total. The molecule has 1 aromatic heterocycles. The van der Waals surface area contributed by atoms with E-state index < -0.39 is 5.60 Å². The van der Waals surface area contributed by atoms with Gasteiger partial charge in [-0.15, -0.1) is 0 Å². The van der Waals surface area contributed by atoms with E-state index in [-0.39, 0.29) is 6.01 Å². The molecule has 1 aliphatic heterocycles. The smallest absolute Gasteiger partial charge is 0.335 e. The van der Waals surface area contributed by atoms with Crippen LogP contribution in [0.1, 0.15) is 18.7 Å². The first kappa shape index (κ1) is 10.3. The predicted molar refractivity (Wildman–Crippen MR) is 50.8 cm³/mol. The summed E-state index contributed by atoms with van der Waals surface area (Å²) in [5, 5.41) is 3.84. The maximum absolute atomic E-state index is 5.49. The third-order valence-electron chi connectivity index (χ3n) is 2.65. The number of nitrogen functional groups attached to an aromatic ring is 1. The van der Waals surface area contributed by atoms with Gasteiger partial charge in [0, 0.05) is 33.2 Å². The number of methoxy groups -OCH3 is 1. The van der Waals surface area contributed by atoms with Crippen LogP contribution in [-0.4, -0.2) is 30.5 Å². The van der Waals surface area contributed by atoms with Crippen molar-refractivity contribution in [3.8, 4) is 0 Å². The highest BCUT2D eigenvalue weighted by Gasteiger charge is 2.39. The number of aromatic nitrogens is 2. The number of hydrazine groups is 1. The van der Waals surface area contributed by atoms with Gasteiger partial charge in [-0.25, -0.2) is 5.84 Å². The largest absolute Gasteiger partial charge is 0.381 e. The van der Waals surface area contributed by atoms with Gasteiger partial charge in [-0.2, -0.15) is 4.98 Å². The van der Waals surface area contributed by atoms with Crippen molar-refractivity contribution >= 4 is 6.01 Å². The van der Waals surface area contributed by atoms with Crippen molar-refractivity contribution in [3.05, 3.63) is 5.82 Å². The van der Waals surface area contributed by atoms with E-state index in [4.69, 9.17) is 19.8 Å². The number of anilines is 1. The van der Waals surface area contributed by atoms with E-state index in [1.165, 1.54) is 0 Å². The normalized spacial score (nSPS) is 20.1. The Labute approximate surface area is 86.9 Å². The fraction of sp³-hybridized carbons (Fsp3) is 0.750. The van der Waals surface area contributed by atoms with Crippen molar-refractivity contribution in [2.24, 2.45) is 5.84 Å². The molecule has 0 radical (unpaired) electrons. The van der Waals surface area contributed by atoms with Gasteiger partial charge in [-0.1, -0.05) is 5.16 Å². The first-order valence-corrected chi connectivity index (χ1v) is 4.74. The molecule has 0 aromatic carbocycles.